The Balaban J connectivity index is 1.15. The second-order valence-electron chi connectivity index (χ2n) is 10.4. The predicted octanol–water partition coefficient (Wildman–Crippen LogP) is 4.94. The Morgan fingerprint density at radius 2 is 1.78 bits per heavy atom. The van der Waals surface area contributed by atoms with Crippen molar-refractivity contribution in [1.82, 2.24) is 16.1 Å². The molecule has 4 aromatic carbocycles. The van der Waals surface area contributed by atoms with Gasteiger partial charge in [-0.15, -0.1) is 0 Å². The third-order valence-corrected chi connectivity index (χ3v) is 7.26. The molecule has 5 rings (SSSR count). The van der Waals surface area contributed by atoms with Crippen molar-refractivity contribution in [3.8, 4) is 17.2 Å². The van der Waals surface area contributed by atoms with Gasteiger partial charge >= 0.3 is 12.0 Å². The molecule has 1 aliphatic rings. The number of ether oxygens (including phenoxy) is 4. The minimum Gasteiger partial charge on any atom is -0.490 e. The Kier molecular flexibility index (Phi) is 10.4. The van der Waals surface area contributed by atoms with Crippen LogP contribution in [0.2, 0.25) is 0 Å². The summed E-state index contributed by atoms with van der Waals surface area (Å²) in [6, 6.07) is 25.7. The number of benzene rings is 4. The van der Waals surface area contributed by atoms with Gasteiger partial charge in [0.15, 0.2) is 17.7 Å². The van der Waals surface area contributed by atoms with Gasteiger partial charge < -0.3 is 34.7 Å². The molecule has 1 heterocycles. The number of fused-ring (bicyclic) bond motifs is 1. The number of hydrazone groups is 1. The smallest absolute Gasteiger partial charge is 0.337 e. The number of amides is 2. The van der Waals surface area contributed by atoms with Crippen molar-refractivity contribution in [3.63, 3.8) is 0 Å². The molecule has 0 aromatic heterocycles. The van der Waals surface area contributed by atoms with Gasteiger partial charge in [0.2, 0.25) is 0 Å². The highest BCUT2D eigenvalue weighted by molar-refractivity contribution is 5.95. The van der Waals surface area contributed by atoms with E-state index < -0.39 is 24.3 Å². The summed E-state index contributed by atoms with van der Waals surface area (Å²) in [7, 11) is 1.28. The Morgan fingerprint density at radius 1 is 1.00 bits per heavy atom. The van der Waals surface area contributed by atoms with Crippen LogP contribution in [0.15, 0.2) is 101 Å². The second-order valence-corrected chi connectivity index (χ2v) is 10.4. The molecule has 1 aliphatic heterocycles. The lowest BCUT2D eigenvalue weighted by atomic mass is 9.95. The summed E-state index contributed by atoms with van der Waals surface area (Å²) in [5, 5.41) is 22.2. The van der Waals surface area contributed by atoms with Gasteiger partial charge in [-0.25, -0.2) is 9.59 Å². The Hall–Kier alpha value is -5.55. The summed E-state index contributed by atoms with van der Waals surface area (Å²) in [5.41, 5.74) is 5.84. The largest absolute Gasteiger partial charge is 0.490 e. The van der Waals surface area contributed by atoms with Crippen molar-refractivity contribution in [2.45, 2.75) is 32.7 Å². The maximum Gasteiger partial charge on any atom is 0.337 e. The third kappa shape index (κ3) is 7.74. The fourth-order valence-electron chi connectivity index (χ4n) is 5.05. The number of allylic oxidation sites excluding steroid dienone is 1. The number of methoxy groups -OCH3 is 1. The van der Waals surface area contributed by atoms with E-state index in [1.54, 1.807) is 31.3 Å². The number of nitrogens with one attached hydrogen (secondary N) is 3. The van der Waals surface area contributed by atoms with E-state index in [-0.39, 0.29) is 12.2 Å². The van der Waals surface area contributed by atoms with E-state index in [9.17, 15) is 14.7 Å². The van der Waals surface area contributed by atoms with Crippen molar-refractivity contribution < 1.29 is 33.6 Å². The van der Waals surface area contributed by atoms with E-state index in [0.29, 0.717) is 36.0 Å². The quantitative estimate of drug-likeness (QED) is 0.0710. The summed E-state index contributed by atoms with van der Waals surface area (Å²) in [6.07, 6.45) is 0.466. The summed E-state index contributed by atoms with van der Waals surface area (Å²) in [5.74, 6) is 0.922. The van der Waals surface area contributed by atoms with E-state index in [1.807, 2.05) is 49.4 Å². The first-order chi connectivity index (χ1) is 22.4. The van der Waals surface area contributed by atoms with Crippen molar-refractivity contribution in [3.05, 3.63) is 113 Å². The zero-order valence-corrected chi connectivity index (χ0v) is 25.8. The Labute approximate surface area is 266 Å². The molecule has 0 bridgehead atoms. The highest BCUT2D eigenvalue weighted by Crippen LogP contribution is 2.35. The number of nitrogens with zero attached hydrogens (tertiary/aromatic N) is 1. The lowest BCUT2D eigenvalue weighted by Gasteiger charge is -2.28. The minimum absolute atomic E-state index is 0.131. The first kappa shape index (κ1) is 31.9. The summed E-state index contributed by atoms with van der Waals surface area (Å²) in [4.78, 5) is 24.6. The number of carbonyl (C=O) groups excluding carboxylic acids is 2. The van der Waals surface area contributed by atoms with Gasteiger partial charge in [-0.05, 0) is 77.7 Å². The average molecular weight is 625 g/mol. The fourth-order valence-corrected chi connectivity index (χ4v) is 5.05. The van der Waals surface area contributed by atoms with Crippen LogP contribution in [-0.2, 0) is 16.1 Å². The molecule has 2 atom stereocenters. The summed E-state index contributed by atoms with van der Waals surface area (Å²) >= 11 is 0. The first-order valence-electron chi connectivity index (χ1n) is 14.8. The van der Waals surface area contributed by atoms with Gasteiger partial charge in [0.1, 0.15) is 19.0 Å². The zero-order chi connectivity index (χ0) is 32.5. The topological polar surface area (TPSA) is 140 Å². The minimum atomic E-state index is -1.12. The van der Waals surface area contributed by atoms with Gasteiger partial charge in [0.25, 0.3) is 0 Å². The van der Waals surface area contributed by atoms with Crippen LogP contribution in [0.25, 0.3) is 10.8 Å². The van der Waals surface area contributed by atoms with Crippen LogP contribution >= 0.6 is 0 Å². The standard InChI is InChI=1S/C35H36N4O7/c1-4-44-30-18-25(33-32(34(41)43-3)22(2)37-35(42)38-33)14-17-29(30)46-21-31(40)39-36-19-23-12-15-27(16-13-23)45-20-26-10-7-9-24-8-5-6-11-28(24)26/h5-19,31,33,39-40H,4,20-21H2,1-3H3,(H2,37,38,42)/b36-19-/t31-,33-/m0/s1. The highest BCUT2D eigenvalue weighted by Gasteiger charge is 2.32. The molecule has 11 heteroatoms. The lowest BCUT2D eigenvalue weighted by molar-refractivity contribution is -0.136. The number of esters is 1. The average Bonchev–Trinajstić information content (AvgIpc) is 3.06. The lowest BCUT2D eigenvalue weighted by Crippen LogP contribution is -2.45. The molecule has 0 aliphatic carbocycles. The molecule has 0 saturated carbocycles. The van der Waals surface area contributed by atoms with Crippen molar-refractivity contribution >= 4 is 29.0 Å². The van der Waals surface area contributed by atoms with Crippen LogP contribution < -0.4 is 30.3 Å². The van der Waals surface area contributed by atoms with E-state index >= 15 is 0 Å². The van der Waals surface area contributed by atoms with Crippen LogP contribution in [-0.4, -0.2) is 49.9 Å². The molecular weight excluding hydrogens is 588 g/mol. The zero-order valence-electron chi connectivity index (χ0n) is 25.8. The molecule has 0 fully saturated rings. The van der Waals surface area contributed by atoms with E-state index in [2.05, 4.69) is 45.4 Å². The molecule has 4 aromatic rings. The number of aliphatic hydroxyl groups is 1. The van der Waals surface area contributed by atoms with Gasteiger partial charge in [0.05, 0.1) is 31.5 Å². The molecule has 2 amide bonds. The van der Waals surface area contributed by atoms with Crippen LogP contribution in [0, 0.1) is 0 Å². The van der Waals surface area contributed by atoms with Crippen LogP contribution in [0.5, 0.6) is 17.2 Å². The molecule has 46 heavy (non-hydrogen) atoms. The molecule has 11 nitrogen and oxygen atoms in total. The van der Waals surface area contributed by atoms with E-state index in [1.165, 1.54) is 17.9 Å². The number of hydrogen-bond acceptors (Lipinski definition) is 9. The fraction of sp³-hybridized carbons (Fsp3) is 0.229. The molecule has 0 radical (unpaired) electrons. The number of carbonyl (C=O) groups is 2. The maximum atomic E-state index is 12.4. The Morgan fingerprint density at radius 3 is 2.57 bits per heavy atom. The van der Waals surface area contributed by atoms with E-state index in [0.717, 1.165) is 16.9 Å². The molecule has 0 spiro atoms. The number of aliphatic hydroxyl groups excluding tert-OH is 1. The highest BCUT2D eigenvalue weighted by atomic mass is 16.5. The SMILES string of the molecule is CCOc1cc([C@@H]2NC(=O)NC(C)=C2C(=O)OC)ccc1OC[C@H](O)N/N=C\c1ccc(OCc2cccc3ccccc23)cc1. The first-order valence-corrected chi connectivity index (χ1v) is 14.8. The second kappa shape index (κ2) is 15.0. The van der Waals surface area contributed by atoms with E-state index in [4.69, 9.17) is 18.9 Å². The van der Waals surface area contributed by atoms with Crippen LogP contribution in [0.4, 0.5) is 4.79 Å². The number of hydrogen-bond donors (Lipinski definition) is 4. The van der Waals surface area contributed by atoms with Crippen LogP contribution in [0.1, 0.15) is 36.6 Å². The van der Waals surface area contributed by atoms with Crippen molar-refractivity contribution in [2.24, 2.45) is 5.10 Å². The normalized spacial score (nSPS) is 15.2. The van der Waals surface area contributed by atoms with Gasteiger partial charge in [-0.2, -0.15) is 5.10 Å². The van der Waals surface area contributed by atoms with Crippen molar-refractivity contribution in [2.75, 3.05) is 20.3 Å². The molecule has 0 unspecified atom stereocenters. The third-order valence-electron chi connectivity index (χ3n) is 7.26. The Bertz CT molecular complexity index is 1750. The molecule has 0 saturated heterocycles. The molecular formula is C35H36N4O7. The molecule has 4 N–H and O–H groups in total. The van der Waals surface area contributed by atoms with Crippen LogP contribution in [0.3, 0.4) is 0 Å². The maximum absolute atomic E-state index is 12.4. The number of rotatable bonds is 13. The van der Waals surface area contributed by atoms with Gasteiger partial charge in [-0.1, -0.05) is 48.5 Å². The van der Waals surface area contributed by atoms with Gasteiger partial charge in [0, 0.05) is 5.70 Å². The summed E-state index contributed by atoms with van der Waals surface area (Å²) in [6.45, 7) is 4.12. The van der Waals surface area contributed by atoms with Gasteiger partial charge in [-0.3, -0.25) is 5.43 Å². The monoisotopic (exact) mass is 624 g/mol. The van der Waals surface area contributed by atoms with Crippen molar-refractivity contribution in [1.29, 1.82) is 0 Å². The predicted molar refractivity (Wildman–Crippen MR) is 174 cm³/mol. The number of urea groups is 1. The summed E-state index contributed by atoms with van der Waals surface area (Å²) < 4.78 is 22.5. The molecule has 238 valence electrons.